The Morgan fingerprint density at radius 1 is 1.20 bits per heavy atom. The number of pyridine rings is 1. The molecule has 0 fully saturated rings. The smallest absolute Gasteiger partial charge is 0.232 e. The number of methoxy groups -OCH3 is 1. The van der Waals surface area contributed by atoms with Gasteiger partial charge in [-0.25, -0.2) is 4.98 Å². The zero-order valence-electron chi connectivity index (χ0n) is 11.5. The fourth-order valence-corrected chi connectivity index (χ4v) is 2.13. The summed E-state index contributed by atoms with van der Waals surface area (Å²) in [5.41, 5.74) is 2.17. The van der Waals surface area contributed by atoms with Crippen LogP contribution in [0, 0.1) is 0 Å². The third kappa shape index (κ3) is 3.17. The van der Waals surface area contributed by atoms with Gasteiger partial charge in [0, 0.05) is 5.56 Å². The fraction of sp³-hybridized carbons (Fsp3) is 0.250. The van der Waals surface area contributed by atoms with Crippen LogP contribution in [0.25, 0.3) is 0 Å². The van der Waals surface area contributed by atoms with E-state index in [9.17, 15) is 4.79 Å². The van der Waals surface area contributed by atoms with E-state index in [-0.39, 0.29) is 11.7 Å². The van der Waals surface area contributed by atoms with E-state index in [1.165, 1.54) is 12.7 Å². The Kier molecular flexibility index (Phi) is 4.74. The average molecular weight is 290 g/mol. The van der Waals surface area contributed by atoms with E-state index in [4.69, 9.17) is 16.3 Å². The van der Waals surface area contributed by atoms with Crippen LogP contribution < -0.4 is 4.74 Å². The number of carbonyl (C=O) groups excluding carboxylic acids is 1. The molecule has 0 saturated heterocycles. The normalized spacial score (nSPS) is 10.3. The zero-order valence-corrected chi connectivity index (χ0v) is 12.3. The first-order valence-electron chi connectivity index (χ1n) is 6.50. The van der Waals surface area contributed by atoms with Crippen LogP contribution in [0.2, 0.25) is 5.02 Å². The molecule has 1 aromatic carbocycles. The number of benzene rings is 1. The molecule has 0 aliphatic heterocycles. The Hall–Kier alpha value is -1.87. The Morgan fingerprint density at radius 2 is 1.90 bits per heavy atom. The molecule has 3 nitrogen and oxygen atoms in total. The highest BCUT2D eigenvalue weighted by atomic mass is 35.5. The molecule has 0 amide bonds. The monoisotopic (exact) mass is 289 g/mol. The van der Waals surface area contributed by atoms with Crippen molar-refractivity contribution in [3.05, 3.63) is 58.2 Å². The van der Waals surface area contributed by atoms with Gasteiger partial charge in [-0.1, -0.05) is 49.2 Å². The molecular weight excluding hydrogens is 274 g/mol. The summed E-state index contributed by atoms with van der Waals surface area (Å²) in [7, 11) is 1.47. The van der Waals surface area contributed by atoms with Crippen LogP contribution in [-0.4, -0.2) is 17.9 Å². The quantitative estimate of drug-likeness (QED) is 0.783. The number of halogens is 1. The van der Waals surface area contributed by atoms with E-state index >= 15 is 0 Å². The lowest BCUT2D eigenvalue weighted by Gasteiger charge is -2.05. The molecule has 0 aliphatic rings. The van der Waals surface area contributed by atoms with Gasteiger partial charge >= 0.3 is 0 Å². The number of aromatic nitrogens is 1. The van der Waals surface area contributed by atoms with Crippen molar-refractivity contribution in [1.29, 1.82) is 0 Å². The molecule has 0 radical (unpaired) electrons. The van der Waals surface area contributed by atoms with Crippen LogP contribution in [-0.2, 0) is 6.42 Å². The van der Waals surface area contributed by atoms with Crippen molar-refractivity contribution in [2.24, 2.45) is 0 Å². The molecule has 0 bridgehead atoms. The molecule has 104 valence electrons. The molecule has 2 aromatic rings. The van der Waals surface area contributed by atoms with Crippen molar-refractivity contribution in [2.75, 3.05) is 7.11 Å². The Morgan fingerprint density at radius 3 is 2.50 bits per heavy atom. The molecule has 0 spiro atoms. The lowest BCUT2D eigenvalue weighted by Crippen LogP contribution is -2.05. The molecule has 0 atom stereocenters. The van der Waals surface area contributed by atoms with Crippen molar-refractivity contribution in [1.82, 2.24) is 4.98 Å². The molecule has 4 heteroatoms. The fourth-order valence-electron chi connectivity index (χ4n) is 1.95. The minimum atomic E-state index is -0.136. The van der Waals surface area contributed by atoms with E-state index in [1.807, 2.05) is 24.3 Å². The second-order valence-electron chi connectivity index (χ2n) is 4.46. The highest BCUT2D eigenvalue weighted by Crippen LogP contribution is 2.22. The lowest BCUT2D eigenvalue weighted by molar-refractivity contribution is 0.103. The van der Waals surface area contributed by atoms with E-state index in [0.29, 0.717) is 16.3 Å². The summed E-state index contributed by atoms with van der Waals surface area (Å²) in [5, 5.41) is 0.391. The van der Waals surface area contributed by atoms with Gasteiger partial charge < -0.3 is 4.74 Å². The van der Waals surface area contributed by atoms with Crippen molar-refractivity contribution in [3.63, 3.8) is 0 Å². The van der Waals surface area contributed by atoms with Crippen LogP contribution in [0.1, 0.15) is 35.0 Å². The van der Waals surface area contributed by atoms with Crippen LogP contribution in [0.5, 0.6) is 5.88 Å². The van der Waals surface area contributed by atoms with Gasteiger partial charge in [-0.3, -0.25) is 4.79 Å². The van der Waals surface area contributed by atoms with Gasteiger partial charge in [-0.15, -0.1) is 0 Å². The molecule has 0 unspecified atom stereocenters. The van der Waals surface area contributed by atoms with Crippen molar-refractivity contribution in [2.45, 2.75) is 19.8 Å². The van der Waals surface area contributed by atoms with E-state index < -0.39 is 0 Å². The SMILES string of the molecule is CCCc1ccc(C(=O)c2ccc(Cl)c(OC)n2)cc1. The number of carbonyl (C=O) groups is 1. The van der Waals surface area contributed by atoms with E-state index in [0.717, 1.165) is 12.8 Å². The summed E-state index contributed by atoms with van der Waals surface area (Å²) in [5.74, 6) is 0.128. The number of ketones is 1. The average Bonchev–Trinajstić information content (AvgIpc) is 2.48. The number of rotatable bonds is 5. The zero-order chi connectivity index (χ0) is 14.5. The first-order chi connectivity index (χ1) is 9.65. The maximum absolute atomic E-state index is 12.3. The summed E-state index contributed by atoms with van der Waals surface area (Å²) in [4.78, 5) is 16.5. The second kappa shape index (κ2) is 6.53. The standard InChI is InChI=1S/C16H16ClNO2/c1-3-4-11-5-7-12(8-6-11)15(19)14-10-9-13(17)16(18-14)20-2/h5-10H,3-4H2,1-2H3. The summed E-state index contributed by atoms with van der Waals surface area (Å²) >= 11 is 5.90. The number of hydrogen-bond donors (Lipinski definition) is 0. The van der Waals surface area contributed by atoms with Gasteiger partial charge in [0.2, 0.25) is 11.7 Å². The summed E-state index contributed by atoms with van der Waals surface area (Å²) in [6, 6.07) is 10.8. The second-order valence-corrected chi connectivity index (χ2v) is 4.87. The van der Waals surface area contributed by atoms with Crippen LogP contribution in [0.4, 0.5) is 0 Å². The van der Waals surface area contributed by atoms with Crippen LogP contribution >= 0.6 is 11.6 Å². The predicted octanol–water partition coefficient (Wildman–Crippen LogP) is 3.93. The minimum Gasteiger partial charge on any atom is -0.480 e. The topological polar surface area (TPSA) is 39.2 Å². The van der Waals surface area contributed by atoms with Gasteiger partial charge in [-0.05, 0) is 24.1 Å². The Bertz CT molecular complexity index is 608. The lowest BCUT2D eigenvalue weighted by atomic mass is 10.0. The maximum Gasteiger partial charge on any atom is 0.232 e. The molecule has 1 aromatic heterocycles. The molecule has 1 heterocycles. The van der Waals surface area contributed by atoms with Crippen molar-refractivity contribution in [3.8, 4) is 5.88 Å². The van der Waals surface area contributed by atoms with Crippen LogP contribution in [0.3, 0.4) is 0 Å². The van der Waals surface area contributed by atoms with Gasteiger partial charge in [0.25, 0.3) is 0 Å². The van der Waals surface area contributed by atoms with E-state index in [2.05, 4.69) is 11.9 Å². The molecule has 0 N–H and O–H groups in total. The van der Waals surface area contributed by atoms with Crippen molar-refractivity contribution >= 4 is 17.4 Å². The van der Waals surface area contributed by atoms with E-state index in [1.54, 1.807) is 12.1 Å². The summed E-state index contributed by atoms with van der Waals surface area (Å²) in [6.07, 6.45) is 2.10. The maximum atomic E-state index is 12.3. The Labute approximate surface area is 123 Å². The first-order valence-corrected chi connectivity index (χ1v) is 6.87. The third-order valence-corrected chi connectivity index (χ3v) is 3.28. The summed E-state index contributed by atoms with van der Waals surface area (Å²) < 4.78 is 5.03. The van der Waals surface area contributed by atoms with Gasteiger partial charge in [0.05, 0.1) is 7.11 Å². The highest BCUT2D eigenvalue weighted by molar-refractivity contribution is 6.31. The minimum absolute atomic E-state index is 0.136. The number of aryl methyl sites for hydroxylation is 1. The van der Waals surface area contributed by atoms with Crippen LogP contribution in [0.15, 0.2) is 36.4 Å². The molecule has 0 aliphatic carbocycles. The predicted molar refractivity (Wildman–Crippen MR) is 79.7 cm³/mol. The summed E-state index contributed by atoms with van der Waals surface area (Å²) in [6.45, 7) is 2.13. The third-order valence-electron chi connectivity index (χ3n) is 2.99. The molecule has 2 rings (SSSR count). The molecular formula is C16H16ClNO2. The van der Waals surface area contributed by atoms with Gasteiger partial charge in [0.15, 0.2) is 0 Å². The highest BCUT2D eigenvalue weighted by Gasteiger charge is 2.13. The molecule has 0 saturated carbocycles. The number of nitrogens with zero attached hydrogens (tertiary/aromatic N) is 1. The molecule has 20 heavy (non-hydrogen) atoms. The largest absolute Gasteiger partial charge is 0.480 e. The number of hydrogen-bond acceptors (Lipinski definition) is 3. The Balaban J connectivity index is 2.26. The van der Waals surface area contributed by atoms with Gasteiger partial charge in [-0.2, -0.15) is 0 Å². The first kappa shape index (κ1) is 14.5. The number of ether oxygens (including phenoxy) is 1. The van der Waals surface area contributed by atoms with Crippen molar-refractivity contribution < 1.29 is 9.53 Å². The van der Waals surface area contributed by atoms with Gasteiger partial charge in [0.1, 0.15) is 10.7 Å².